The van der Waals surface area contributed by atoms with E-state index in [1.54, 1.807) is 0 Å². The van der Waals surface area contributed by atoms with Crippen molar-refractivity contribution in [3.05, 3.63) is 210 Å². The van der Waals surface area contributed by atoms with Crippen LogP contribution in [0.15, 0.2) is 176 Å². The van der Waals surface area contributed by atoms with Crippen LogP contribution >= 0.6 is 0 Å². The molecule has 1 aliphatic rings. The van der Waals surface area contributed by atoms with Crippen molar-refractivity contribution in [2.75, 3.05) is 0 Å². The Labute approximate surface area is 352 Å². The van der Waals surface area contributed by atoms with E-state index < -0.39 is 5.41 Å². The van der Waals surface area contributed by atoms with Crippen molar-refractivity contribution in [2.24, 2.45) is 0 Å². The number of rotatable bonds is 5. The van der Waals surface area contributed by atoms with Crippen molar-refractivity contribution in [3.63, 3.8) is 0 Å². The molecule has 0 bridgehead atoms. The predicted octanol–water partition coefficient (Wildman–Crippen LogP) is 12.5. The number of hydrogen-bond donors (Lipinski definition) is 0. The fraction of sp³-hybridized carbons (Fsp3) is 0.0943. The maximum absolute atomic E-state index is 5.64. The van der Waals surface area contributed by atoms with Crippen LogP contribution in [0.4, 0.5) is 0 Å². The minimum absolute atomic E-state index is 0. The van der Waals surface area contributed by atoms with Crippen molar-refractivity contribution < 1.29 is 21.1 Å². The zero-order valence-electron chi connectivity index (χ0n) is 32.3. The van der Waals surface area contributed by atoms with Crippen LogP contribution in [0.3, 0.4) is 0 Å². The summed E-state index contributed by atoms with van der Waals surface area (Å²) in [6.45, 7) is 6.83. The third-order valence-electron chi connectivity index (χ3n) is 11.8. The van der Waals surface area contributed by atoms with E-state index in [1.807, 2.05) is 12.3 Å². The summed E-state index contributed by atoms with van der Waals surface area (Å²) in [5.41, 5.74) is 15.4. The summed E-state index contributed by atoms with van der Waals surface area (Å²) in [5.74, 6) is 0.863. The number of nitrogens with zero attached hydrogens (tertiary/aromatic N) is 4. The molecule has 11 rings (SSSR count). The number of hydrogen-bond acceptors (Lipinski definition) is 2. The molecule has 3 heterocycles. The Morgan fingerprint density at radius 1 is 0.586 bits per heavy atom. The SMILES string of the molecule is CC(C)(C)c1ccccc1-n1c(-c2cccc3c2[n-]c2ccccc23)nc2c(-c3[c-]c(C4(c5ccccn5)c5ccccc5-c5ccccc54)ccc3)cccc21.[Pt+2]. The molecule has 0 N–H and O–H groups in total. The van der Waals surface area contributed by atoms with E-state index in [2.05, 4.69) is 195 Å². The molecule has 7 aromatic carbocycles. The van der Waals surface area contributed by atoms with Crippen LogP contribution in [0.2, 0.25) is 0 Å². The van der Waals surface area contributed by atoms with Gasteiger partial charge in [-0.2, -0.15) is 0 Å². The molecule has 0 aliphatic heterocycles. The summed E-state index contributed by atoms with van der Waals surface area (Å²) in [7, 11) is 0. The first-order valence-corrected chi connectivity index (χ1v) is 19.6. The van der Waals surface area contributed by atoms with E-state index in [0.29, 0.717) is 0 Å². The molecule has 0 unspecified atom stereocenters. The normalized spacial score (nSPS) is 13.1. The van der Waals surface area contributed by atoms with Crippen molar-refractivity contribution in [3.8, 4) is 39.3 Å². The maximum Gasteiger partial charge on any atom is 2.00 e. The van der Waals surface area contributed by atoms with Crippen LogP contribution < -0.4 is 4.98 Å². The fourth-order valence-corrected chi connectivity index (χ4v) is 9.39. The molecular weight excluding hydrogens is 888 g/mol. The summed E-state index contributed by atoms with van der Waals surface area (Å²) in [4.78, 5) is 15.9. The molecule has 0 amide bonds. The number of imidazole rings is 1. The second-order valence-corrected chi connectivity index (χ2v) is 16.1. The Kier molecular flexibility index (Phi) is 8.48. The number of benzene rings is 7. The molecule has 10 aromatic rings. The summed E-state index contributed by atoms with van der Waals surface area (Å²) >= 11 is 0. The topological polar surface area (TPSA) is 44.8 Å². The second kappa shape index (κ2) is 13.6. The molecular formula is C53H38N4Pt. The van der Waals surface area contributed by atoms with Crippen molar-refractivity contribution in [1.29, 1.82) is 0 Å². The molecule has 0 spiro atoms. The predicted molar refractivity (Wildman–Crippen MR) is 233 cm³/mol. The van der Waals surface area contributed by atoms with Gasteiger partial charge in [0.2, 0.25) is 0 Å². The van der Waals surface area contributed by atoms with Gasteiger partial charge in [0.25, 0.3) is 0 Å². The third kappa shape index (κ3) is 5.25. The third-order valence-corrected chi connectivity index (χ3v) is 11.8. The molecule has 280 valence electrons. The van der Waals surface area contributed by atoms with Crippen LogP contribution in [0, 0.1) is 6.07 Å². The Bertz CT molecular complexity index is 3140. The van der Waals surface area contributed by atoms with Gasteiger partial charge >= 0.3 is 21.1 Å². The monoisotopic (exact) mass is 925 g/mol. The first-order chi connectivity index (χ1) is 27.9. The van der Waals surface area contributed by atoms with Crippen molar-refractivity contribution in [2.45, 2.75) is 31.6 Å². The van der Waals surface area contributed by atoms with Gasteiger partial charge in [-0.1, -0.05) is 154 Å². The number of fused-ring (bicyclic) bond motifs is 7. The minimum Gasteiger partial charge on any atom is -0.656 e. The van der Waals surface area contributed by atoms with Gasteiger partial charge in [-0.3, -0.25) is 9.55 Å². The van der Waals surface area contributed by atoms with E-state index in [-0.39, 0.29) is 26.5 Å². The van der Waals surface area contributed by atoms with Crippen LogP contribution in [0.25, 0.3) is 72.2 Å². The number of pyridine rings is 1. The van der Waals surface area contributed by atoms with Crippen LogP contribution in [0.1, 0.15) is 48.7 Å². The van der Waals surface area contributed by atoms with Gasteiger partial charge in [0.15, 0.2) is 0 Å². The molecule has 0 saturated heterocycles. The zero-order valence-corrected chi connectivity index (χ0v) is 34.6. The van der Waals surface area contributed by atoms with E-state index in [0.717, 1.165) is 72.3 Å². The molecule has 0 saturated carbocycles. The Balaban J connectivity index is 0.00000408. The molecule has 0 radical (unpaired) electrons. The Hall–Kier alpha value is -6.35. The maximum atomic E-state index is 5.64. The van der Waals surface area contributed by atoms with Crippen LogP contribution in [-0.2, 0) is 31.9 Å². The average Bonchev–Trinajstić information content (AvgIpc) is 3.93. The molecule has 58 heavy (non-hydrogen) atoms. The second-order valence-electron chi connectivity index (χ2n) is 16.1. The van der Waals surface area contributed by atoms with Gasteiger partial charge < -0.3 is 4.98 Å². The molecule has 5 heteroatoms. The van der Waals surface area contributed by atoms with Gasteiger partial charge in [0.05, 0.1) is 27.8 Å². The van der Waals surface area contributed by atoms with Gasteiger partial charge in [0.1, 0.15) is 5.82 Å². The summed E-state index contributed by atoms with van der Waals surface area (Å²) in [6, 6.07) is 64.5. The quantitative estimate of drug-likeness (QED) is 0.162. The Morgan fingerprint density at radius 2 is 1.22 bits per heavy atom. The van der Waals surface area contributed by atoms with Gasteiger partial charge in [-0.15, -0.1) is 46.4 Å². The summed E-state index contributed by atoms with van der Waals surface area (Å²) in [5, 5.41) is 2.28. The van der Waals surface area contributed by atoms with E-state index in [1.165, 1.54) is 27.8 Å². The summed E-state index contributed by atoms with van der Waals surface area (Å²) < 4.78 is 2.36. The molecule has 3 aromatic heterocycles. The van der Waals surface area contributed by atoms with Gasteiger partial charge in [-0.25, -0.2) is 4.98 Å². The minimum atomic E-state index is -0.657. The van der Waals surface area contributed by atoms with Crippen LogP contribution in [-0.4, -0.2) is 14.5 Å². The van der Waals surface area contributed by atoms with Gasteiger partial charge in [0, 0.05) is 11.8 Å². The fourth-order valence-electron chi connectivity index (χ4n) is 9.39. The van der Waals surface area contributed by atoms with Crippen molar-refractivity contribution in [1.82, 2.24) is 19.5 Å². The first kappa shape index (κ1) is 36.0. The van der Waals surface area contributed by atoms with Crippen LogP contribution in [0.5, 0.6) is 0 Å². The molecule has 0 fully saturated rings. The van der Waals surface area contributed by atoms with E-state index in [9.17, 15) is 0 Å². The van der Waals surface area contributed by atoms with E-state index in [4.69, 9.17) is 15.0 Å². The van der Waals surface area contributed by atoms with Crippen molar-refractivity contribution >= 4 is 32.8 Å². The molecule has 1 aliphatic carbocycles. The zero-order chi connectivity index (χ0) is 38.3. The Morgan fingerprint density at radius 3 is 2.00 bits per heavy atom. The first-order valence-electron chi connectivity index (χ1n) is 19.6. The average molecular weight is 926 g/mol. The molecule has 0 atom stereocenters. The summed E-state index contributed by atoms with van der Waals surface area (Å²) in [6.07, 6.45) is 1.90. The number of aromatic nitrogens is 4. The number of para-hydroxylation sites is 4. The smallest absolute Gasteiger partial charge is 0.656 e. The molecule has 4 nitrogen and oxygen atoms in total. The van der Waals surface area contributed by atoms with E-state index >= 15 is 0 Å². The van der Waals surface area contributed by atoms with Gasteiger partial charge in [-0.05, 0) is 68.3 Å². The largest absolute Gasteiger partial charge is 2.00 e. The standard InChI is InChI=1S/C53H38N4.Pt/c1-52(2,3)44-27-9-11-29-46(44)57-47-30-16-22-36(50(47)56-51(57)41-24-15-23-40-39-21-6-10-28-45(39)55-49(40)41)34-17-14-18-35(33-34)53(48-31-12-13-32-54-48)42-25-7-4-19-37(42)38-20-5-8-26-43(38)53;/h4-32H,1-3H3;/q-2;+2.